The summed E-state index contributed by atoms with van der Waals surface area (Å²) in [7, 11) is 0. The largest absolute Gasteiger partial charge is 0.307 e. The molecule has 0 saturated heterocycles. The molecule has 0 radical (unpaired) electrons. The molecule has 5 nitrogen and oxygen atoms in total. The first-order valence-electron chi connectivity index (χ1n) is 21.7. The van der Waals surface area contributed by atoms with Crippen LogP contribution in [0.2, 0.25) is 0 Å². The van der Waals surface area contributed by atoms with Gasteiger partial charge in [0.15, 0.2) is 11.6 Å². The molecule has 1 aliphatic carbocycles. The Kier molecular flexibility index (Phi) is 7.98. The van der Waals surface area contributed by atoms with Crippen LogP contribution < -0.4 is 0 Å². The maximum absolute atomic E-state index is 5.52. The summed E-state index contributed by atoms with van der Waals surface area (Å²) in [6.45, 7) is 9.64. The molecule has 11 aromatic rings. The van der Waals surface area contributed by atoms with E-state index in [1.165, 1.54) is 43.6 Å². The Morgan fingerprint density at radius 3 is 1.68 bits per heavy atom. The molecule has 0 bridgehead atoms. The van der Waals surface area contributed by atoms with E-state index in [4.69, 9.17) is 15.0 Å². The summed E-state index contributed by atoms with van der Waals surface area (Å²) in [4.78, 5) is 16.3. The van der Waals surface area contributed by atoms with E-state index in [1.807, 2.05) is 0 Å². The van der Waals surface area contributed by atoms with E-state index in [1.54, 1.807) is 0 Å². The van der Waals surface area contributed by atoms with Gasteiger partial charge in [0, 0.05) is 38.4 Å². The van der Waals surface area contributed by atoms with Crippen LogP contribution in [0.5, 0.6) is 0 Å². The number of nitrogens with zero attached hydrogens (tertiary/aromatic N) is 5. The second kappa shape index (κ2) is 13.6. The molecule has 8 aromatic carbocycles. The third kappa shape index (κ3) is 5.65. The Morgan fingerprint density at radius 1 is 0.387 bits per heavy atom. The number of hydrogen-bond donors (Lipinski definition) is 0. The monoisotopic (exact) mass is 799 g/mol. The lowest BCUT2D eigenvalue weighted by Crippen LogP contribution is -2.33. The summed E-state index contributed by atoms with van der Waals surface area (Å²) in [5.74, 6) is 1.85. The average molecular weight is 800 g/mol. The van der Waals surface area contributed by atoms with Crippen molar-refractivity contribution in [3.8, 4) is 45.5 Å². The van der Waals surface area contributed by atoms with Crippen molar-refractivity contribution in [2.75, 3.05) is 0 Å². The van der Waals surface area contributed by atoms with E-state index in [-0.39, 0.29) is 10.8 Å². The second-order valence-electron chi connectivity index (χ2n) is 18.4. The third-order valence-corrected chi connectivity index (χ3v) is 13.6. The highest BCUT2D eigenvalue weighted by atomic mass is 15.2. The molecule has 1 aliphatic rings. The standard InChI is InChI=1S/C57H45N5/c1-56(2)31-32-57(3,4)48-35-50-46(34-47(48)56)45-30-29-44-43-21-13-14-22-49(43)61(42-19-9-6-10-20-42)51(44)52(45)62(50)55-59-53(39-26-23-38(24-27-39)36-15-7-5-8-16-36)58-54(60-55)41-28-25-37-17-11-12-18-40(37)33-41/h5-30,33-35H,31-32H2,1-4H3. The summed E-state index contributed by atoms with van der Waals surface area (Å²) in [5, 5.41) is 7.10. The van der Waals surface area contributed by atoms with Gasteiger partial charge in [-0.3, -0.25) is 4.57 Å². The maximum atomic E-state index is 5.52. The van der Waals surface area contributed by atoms with Crippen LogP contribution in [0.15, 0.2) is 176 Å². The normalized spacial score (nSPS) is 14.6. The van der Waals surface area contributed by atoms with Crippen LogP contribution in [0.4, 0.5) is 0 Å². The van der Waals surface area contributed by atoms with Gasteiger partial charge in [0.05, 0.1) is 22.1 Å². The molecule has 62 heavy (non-hydrogen) atoms. The predicted octanol–water partition coefficient (Wildman–Crippen LogP) is 14.6. The van der Waals surface area contributed by atoms with Gasteiger partial charge in [-0.1, -0.05) is 167 Å². The molecule has 3 aromatic heterocycles. The zero-order valence-electron chi connectivity index (χ0n) is 35.4. The lowest BCUT2D eigenvalue weighted by molar-refractivity contribution is 0.332. The highest BCUT2D eigenvalue weighted by Crippen LogP contribution is 2.50. The summed E-state index contributed by atoms with van der Waals surface area (Å²) in [5.41, 5.74) is 12.6. The van der Waals surface area contributed by atoms with Crippen LogP contribution in [0.25, 0.3) is 99.9 Å². The van der Waals surface area contributed by atoms with Crippen molar-refractivity contribution in [2.24, 2.45) is 0 Å². The van der Waals surface area contributed by atoms with Crippen molar-refractivity contribution in [2.45, 2.75) is 51.4 Å². The minimum absolute atomic E-state index is 0.00436. The number of rotatable bonds is 5. The Bertz CT molecular complexity index is 3560. The molecule has 0 fully saturated rings. The van der Waals surface area contributed by atoms with Crippen LogP contribution in [0, 0.1) is 0 Å². The van der Waals surface area contributed by atoms with E-state index in [2.05, 4.69) is 213 Å². The van der Waals surface area contributed by atoms with Crippen molar-refractivity contribution in [1.29, 1.82) is 0 Å². The first-order chi connectivity index (χ1) is 30.2. The molecule has 0 unspecified atom stereocenters. The van der Waals surface area contributed by atoms with Gasteiger partial charge < -0.3 is 4.57 Å². The predicted molar refractivity (Wildman–Crippen MR) is 258 cm³/mol. The molecule has 3 heterocycles. The third-order valence-electron chi connectivity index (χ3n) is 13.6. The fraction of sp³-hybridized carbons (Fsp3) is 0.140. The zero-order chi connectivity index (χ0) is 41.7. The molecule has 0 atom stereocenters. The fourth-order valence-electron chi connectivity index (χ4n) is 10.2. The second-order valence-corrected chi connectivity index (χ2v) is 18.4. The smallest absolute Gasteiger partial charge is 0.238 e. The van der Waals surface area contributed by atoms with Crippen molar-refractivity contribution in [3.05, 3.63) is 187 Å². The summed E-state index contributed by atoms with van der Waals surface area (Å²) in [6, 6.07) is 63.3. The van der Waals surface area contributed by atoms with Gasteiger partial charge in [-0.2, -0.15) is 9.97 Å². The molecule has 0 amide bonds. The Morgan fingerprint density at radius 2 is 0.935 bits per heavy atom. The summed E-state index contributed by atoms with van der Waals surface area (Å²) in [6.07, 6.45) is 2.25. The number of hydrogen-bond acceptors (Lipinski definition) is 3. The molecule has 298 valence electrons. The number of para-hydroxylation sites is 2. The Balaban J connectivity index is 1.23. The van der Waals surface area contributed by atoms with Gasteiger partial charge in [0.1, 0.15) is 0 Å². The maximum Gasteiger partial charge on any atom is 0.238 e. The SMILES string of the molecule is CC1(C)CCC(C)(C)c2cc3c(cc21)c1ccc2c4ccccc4n(-c4ccccc4)c2c1n3-c1nc(-c2ccc(-c3ccccc3)cc2)nc(-c2ccc3ccccc3c2)n1. The van der Waals surface area contributed by atoms with Gasteiger partial charge in [-0.25, -0.2) is 4.98 Å². The Hall–Kier alpha value is -7.37. The molecule has 0 aliphatic heterocycles. The van der Waals surface area contributed by atoms with Crippen molar-refractivity contribution >= 4 is 54.4 Å². The topological polar surface area (TPSA) is 48.5 Å². The lowest BCUT2D eigenvalue weighted by Gasteiger charge is -2.42. The van der Waals surface area contributed by atoms with Gasteiger partial charge in [-0.05, 0) is 93.1 Å². The van der Waals surface area contributed by atoms with Crippen LogP contribution >= 0.6 is 0 Å². The van der Waals surface area contributed by atoms with Crippen molar-refractivity contribution < 1.29 is 0 Å². The minimum Gasteiger partial charge on any atom is -0.307 e. The van der Waals surface area contributed by atoms with Crippen molar-refractivity contribution in [1.82, 2.24) is 24.1 Å². The zero-order valence-corrected chi connectivity index (χ0v) is 35.4. The average Bonchev–Trinajstić information content (AvgIpc) is 3.83. The van der Waals surface area contributed by atoms with E-state index in [0.717, 1.165) is 62.7 Å². The van der Waals surface area contributed by atoms with Gasteiger partial charge in [0.2, 0.25) is 5.95 Å². The van der Waals surface area contributed by atoms with Crippen LogP contribution in [-0.2, 0) is 10.8 Å². The highest BCUT2D eigenvalue weighted by molar-refractivity contribution is 6.24. The van der Waals surface area contributed by atoms with E-state index >= 15 is 0 Å². The molecular formula is C57H45N5. The van der Waals surface area contributed by atoms with Crippen LogP contribution in [-0.4, -0.2) is 24.1 Å². The molecule has 0 N–H and O–H groups in total. The molecule has 5 heteroatoms. The van der Waals surface area contributed by atoms with Crippen molar-refractivity contribution in [3.63, 3.8) is 0 Å². The minimum atomic E-state index is -0.00436. The molecule has 12 rings (SSSR count). The molecule has 0 saturated carbocycles. The van der Waals surface area contributed by atoms with Gasteiger partial charge >= 0.3 is 0 Å². The summed E-state index contributed by atoms with van der Waals surface area (Å²) < 4.78 is 4.79. The first-order valence-corrected chi connectivity index (χ1v) is 21.7. The number of aromatic nitrogens is 5. The Labute approximate surface area is 361 Å². The van der Waals surface area contributed by atoms with Crippen LogP contribution in [0.3, 0.4) is 0 Å². The number of benzene rings is 8. The highest BCUT2D eigenvalue weighted by Gasteiger charge is 2.38. The van der Waals surface area contributed by atoms with E-state index in [9.17, 15) is 0 Å². The van der Waals surface area contributed by atoms with Crippen LogP contribution in [0.1, 0.15) is 51.7 Å². The molecular weight excluding hydrogens is 755 g/mol. The molecule has 0 spiro atoms. The lowest BCUT2D eigenvalue weighted by atomic mass is 9.63. The number of fused-ring (bicyclic) bond motifs is 9. The summed E-state index contributed by atoms with van der Waals surface area (Å²) >= 11 is 0. The van der Waals surface area contributed by atoms with Gasteiger partial charge in [-0.15, -0.1) is 0 Å². The first kappa shape index (κ1) is 36.5. The quantitative estimate of drug-likeness (QED) is 0.174. The fourth-order valence-corrected chi connectivity index (χ4v) is 10.2. The van der Waals surface area contributed by atoms with E-state index < -0.39 is 0 Å². The van der Waals surface area contributed by atoms with E-state index in [0.29, 0.717) is 17.6 Å². The van der Waals surface area contributed by atoms with Gasteiger partial charge in [0.25, 0.3) is 0 Å².